The first-order valence-corrected chi connectivity index (χ1v) is 10.4. The van der Waals surface area contributed by atoms with Crippen molar-refractivity contribution in [1.29, 1.82) is 0 Å². The molecule has 0 saturated heterocycles. The minimum atomic E-state index is -0.510. The van der Waals surface area contributed by atoms with Gasteiger partial charge < -0.3 is 20.3 Å². The van der Waals surface area contributed by atoms with Gasteiger partial charge in [-0.05, 0) is 55.3 Å². The highest BCUT2D eigenvalue weighted by Gasteiger charge is 2.14. The van der Waals surface area contributed by atoms with Crippen LogP contribution in [-0.2, 0) is 9.59 Å². The first-order valence-electron chi connectivity index (χ1n) is 9.60. The van der Waals surface area contributed by atoms with Gasteiger partial charge in [0.1, 0.15) is 12.4 Å². The van der Waals surface area contributed by atoms with Crippen molar-refractivity contribution < 1.29 is 19.1 Å². The lowest BCUT2D eigenvalue weighted by Gasteiger charge is -2.18. The Balaban J connectivity index is 1.69. The molecule has 9 heteroatoms. The zero-order valence-electron chi connectivity index (χ0n) is 17.6. The molecular weight excluding hydrogens is 441 g/mol. The number of aryl methyl sites for hydroxylation is 2. The molecule has 2 aromatic carbocycles. The molecule has 0 unspecified atom stereocenters. The molecule has 0 fully saturated rings. The Morgan fingerprint density at radius 1 is 0.968 bits per heavy atom. The third kappa shape index (κ3) is 8.11. The lowest BCUT2D eigenvalue weighted by molar-refractivity contribution is -0.131. The molecule has 2 N–H and O–H groups in total. The summed E-state index contributed by atoms with van der Waals surface area (Å²) < 4.78 is 5.69. The Labute approximate surface area is 191 Å². The van der Waals surface area contributed by atoms with Crippen molar-refractivity contribution in [1.82, 2.24) is 15.5 Å². The second-order valence-electron chi connectivity index (χ2n) is 7.07. The van der Waals surface area contributed by atoms with Gasteiger partial charge in [-0.2, -0.15) is 0 Å². The summed E-state index contributed by atoms with van der Waals surface area (Å²) in [5.41, 5.74) is 2.42. The van der Waals surface area contributed by atoms with Crippen molar-refractivity contribution in [2.24, 2.45) is 0 Å². The Bertz CT molecular complexity index is 946. The van der Waals surface area contributed by atoms with E-state index in [1.54, 1.807) is 7.05 Å². The highest BCUT2D eigenvalue weighted by molar-refractivity contribution is 6.36. The van der Waals surface area contributed by atoms with Gasteiger partial charge in [0, 0.05) is 12.1 Å². The molecule has 0 aromatic heterocycles. The van der Waals surface area contributed by atoms with Crippen LogP contribution in [0.1, 0.15) is 21.5 Å². The van der Waals surface area contributed by atoms with Crippen LogP contribution in [0.4, 0.5) is 0 Å². The van der Waals surface area contributed by atoms with E-state index in [9.17, 15) is 14.4 Å². The molecule has 2 aromatic rings. The summed E-state index contributed by atoms with van der Waals surface area (Å²) in [6, 6.07) is 10.4. The van der Waals surface area contributed by atoms with E-state index in [-0.39, 0.29) is 29.6 Å². The molecule has 0 radical (unpaired) electrons. The Morgan fingerprint density at radius 3 is 2.29 bits per heavy atom. The maximum Gasteiger partial charge on any atom is 0.253 e. The fourth-order valence-electron chi connectivity index (χ4n) is 2.74. The van der Waals surface area contributed by atoms with Crippen LogP contribution in [0.15, 0.2) is 36.4 Å². The Hall–Kier alpha value is -2.77. The molecule has 166 valence electrons. The van der Waals surface area contributed by atoms with E-state index >= 15 is 0 Å². The van der Waals surface area contributed by atoms with Gasteiger partial charge in [-0.25, -0.2) is 0 Å². The maximum absolute atomic E-state index is 12.2. The number of halogens is 2. The number of hydrogen-bond acceptors (Lipinski definition) is 4. The second kappa shape index (κ2) is 11.6. The highest BCUT2D eigenvalue weighted by atomic mass is 35.5. The van der Waals surface area contributed by atoms with Crippen molar-refractivity contribution in [3.63, 3.8) is 0 Å². The van der Waals surface area contributed by atoms with Crippen molar-refractivity contribution in [2.45, 2.75) is 13.8 Å². The van der Waals surface area contributed by atoms with Crippen LogP contribution >= 0.6 is 23.2 Å². The zero-order valence-corrected chi connectivity index (χ0v) is 19.1. The number of ether oxygens (including phenoxy) is 1. The van der Waals surface area contributed by atoms with E-state index in [1.165, 1.54) is 23.1 Å². The summed E-state index contributed by atoms with van der Waals surface area (Å²) >= 11 is 11.8. The Kier molecular flexibility index (Phi) is 9.15. The van der Waals surface area contributed by atoms with E-state index in [0.717, 1.165) is 16.9 Å². The van der Waals surface area contributed by atoms with Crippen LogP contribution in [0.2, 0.25) is 10.0 Å². The van der Waals surface area contributed by atoms with Crippen molar-refractivity contribution in [3.05, 3.63) is 63.1 Å². The standard InChI is InChI=1S/C22H25Cl2N3O4/c1-14-8-15(2)10-17(9-14)31-7-6-27(3)21(29)13-25-20(28)12-26-22(30)18-5-4-16(23)11-19(18)24/h4-5,8-11H,6-7,12-13H2,1-3H3,(H,25,28)(H,26,30). The predicted molar refractivity (Wildman–Crippen MR) is 121 cm³/mol. The normalized spacial score (nSPS) is 10.4. The van der Waals surface area contributed by atoms with E-state index in [1.807, 2.05) is 26.0 Å². The molecular formula is C22H25Cl2N3O4. The van der Waals surface area contributed by atoms with Gasteiger partial charge in [0.2, 0.25) is 11.8 Å². The SMILES string of the molecule is Cc1cc(C)cc(OCCN(C)C(=O)CNC(=O)CNC(=O)c2ccc(Cl)cc2Cl)c1. The first-order chi connectivity index (χ1) is 14.7. The molecule has 0 saturated carbocycles. The lowest BCUT2D eigenvalue weighted by Crippen LogP contribution is -2.43. The van der Waals surface area contributed by atoms with Crippen LogP contribution in [0.3, 0.4) is 0 Å². The van der Waals surface area contributed by atoms with Crippen molar-refractivity contribution >= 4 is 40.9 Å². The number of nitrogens with zero attached hydrogens (tertiary/aromatic N) is 1. The number of rotatable bonds is 9. The van der Waals surface area contributed by atoms with Crippen LogP contribution in [-0.4, -0.2) is 55.9 Å². The average molecular weight is 466 g/mol. The fourth-order valence-corrected chi connectivity index (χ4v) is 3.24. The number of carbonyl (C=O) groups is 3. The molecule has 0 aliphatic carbocycles. The lowest BCUT2D eigenvalue weighted by atomic mass is 10.1. The highest BCUT2D eigenvalue weighted by Crippen LogP contribution is 2.20. The molecule has 31 heavy (non-hydrogen) atoms. The summed E-state index contributed by atoms with van der Waals surface area (Å²) in [6.45, 7) is 4.21. The average Bonchev–Trinajstić information content (AvgIpc) is 2.69. The molecule has 7 nitrogen and oxygen atoms in total. The third-order valence-corrected chi connectivity index (χ3v) is 4.89. The van der Waals surface area contributed by atoms with Crippen LogP contribution < -0.4 is 15.4 Å². The van der Waals surface area contributed by atoms with E-state index in [4.69, 9.17) is 27.9 Å². The Morgan fingerprint density at radius 2 is 1.65 bits per heavy atom. The molecule has 2 rings (SSSR count). The van der Waals surface area contributed by atoms with E-state index in [2.05, 4.69) is 16.7 Å². The first kappa shape index (κ1) is 24.5. The van der Waals surface area contributed by atoms with Gasteiger partial charge in [0.25, 0.3) is 5.91 Å². The summed E-state index contributed by atoms with van der Waals surface area (Å²) in [5.74, 6) is -0.525. The number of benzene rings is 2. The van der Waals surface area contributed by atoms with Crippen LogP contribution in [0.25, 0.3) is 0 Å². The molecule has 0 aliphatic heterocycles. The van der Waals surface area contributed by atoms with Gasteiger partial charge in [-0.1, -0.05) is 29.3 Å². The van der Waals surface area contributed by atoms with Gasteiger partial charge >= 0.3 is 0 Å². The van der Waals surface area contributed by atoms with Gasteiger partial charge in [0.05, 0.1) is 30.2 Å². The largest absolute Gasteiger partial charge is 0.492 e. The quantitative estimate of drug-likeness (QED) is 0.595. The van der Waals surface area contributed by atoms with Crippen molar-refractivity contribution in [2.75, 3.05) is 33.3 Å². The van der Waals surface area contributed by atoms with Gasteiger partial charge in [0.15, 0.2) is 0 Å². The topological polar surface area (TPSA) is 87.7 Å². The molecule has 0 spiro atoms. The summed E-state index contributed by atoms with van der Waals surface area (Å²) in [5, 5.41) is 5.52. The minimum Gasteiger partial charge on any atom is -0.492 e. The number of hydrogen-bond donors (Lipinski definition) is 2. The number of amides is 3. The molecule has 0 atom stereocenters. The second-order valence-corrected chi connectivity index (χ2v) is 7.91. The molecule has 3 amide bonds. The van der Waals surface area contributed by atoms with Gasteiger partial charge in [-0.15, -0.1) is 0 Å². The zero-order chi connectivity index (χ0) is 23.0. The van der Waals surface area contributed by atoms with E-state index < -0.39 is 11.8 Å². The third-order valence-electron chi connectivity index (χ3n) is 4.34. The summed E-state index contributed by atoms with van der Waals surface area (Å²) in [7, 11) is 1.63. The number of carbonyl (C=O) groups excluding carboxylic acids is 3. The number of nitrogens with one attached hydrogen (secondary N) is 2. The minimum absolute atomic E-state index is 0.184. The molecule has 0 bridgehead atoms. The predicted octanol–water partition coefficient (Wildman–Crippen LogP) is 2.99. The maximum atomic E-state index is 12.2. The summed E-state index contributed by atoms with van der Waals surface area (Å²) in [6.07, 6.45) is 0. The van der Waals surface area contributed by atoms with E-state index in [0.29, 0.717) is 18.2 Å². The van der Waals surface area contributed by atoms with Crippen molar-refractivity contribution in [3.8, 4) is 5.75 Å². The summed E-state index contributed by atoms with van der Waals surface area (Å²) in [4.78, 5) is 37.7. The molecule has 0 aliphatic rings. The van der Waals surface area contributed by atoms with Crippen LogP contribution in [0.5, 0.6) is 5.75 Å². The van der Waals surface area contributed by atoms with Gasteiger partial charge in [-0.3, -0.25) is 14.4 Å². The number of likely N-dealkylation sites (N-methyl/N-ethyl adjacent to an activating group) is 1. The fraction of sp³-hybridized carbons (Fsp3) is 0.318. The molecule has 0 heterocycles. The monoisotopic (exact) mass is 465 g/mol. The smallest absolute Gasteiger partial charge is 0.253 e. The van der Waals surface area contributed by atoms with Crippen LogP contribution in [0, 0.1) is 13.8 Å².